The van der Waals surface area contributed by atoms with Gasteiger partial charge in [-0.15, -0.1) is 0 Å². The summed E-state index contributed by atoms with van der Waals surface area (Å²) < 4.78 is 5.12. The second-order valence-corrected chi connectivity index (χ2v) is 7.84. The average molecular weight is 391 g/mol. The molecule has 0 bridgehead atoms. The Bertz CT molecular complexity index is 497. The summed E-state index contributed by atoms with van der Waals surface area (Å²) in [5.41, 5.74) is 4.88. The lowest BCUT2D eigenvalue weighted by Crippen LogP contribution is -2.66. The number of carbonyl (C=O) groups excluding carboxylic acids is 2. The van der Waals surface area contributed by atoms with E-state index in [1.807, 2.05) is 0 Å². The standard InChI is InChI=1S/C17H33N3O7/c1-17(2,3)27-16(26)19-7-5-4-6-10(15(18)25)20-8-12(22)14(24)13(23)11(20)9-21/h10-14,21-24H,4-9H2,1-3H3,(H2,18,25)(H,19,26)/t10-,11+,12-,13-,14+/m0/s1. The molecule has 1 heterocycles. The first-order valence-electron chi connectivity index (χ1n) is 9.15. The van der Waals surface area contributed by atoms with Gasteiger partial charge in [-0.25, -0.2) is 4.79 Å². The summed E-state index contributed by atoms with van der Waals surface area (Å²) in [5.74, 6) is -0.649. The number of ether oxygens (including phenoxy) is 1. The highest BCUT2D eigenvalue weighted by Crippen LogP contribution is 2.23. The number of nitrogens with one attached hydrogen (secondary N) is 1. The molecule has 1 rings (SSSR count). The third-order valence-electron chi connectivity index (χ3n) is 4.45. The molecule has 1 fully saturated rings. The van der Waals surface area contributed by atoms with E-state index in [2.05, 4.69) is 5.32 Å². The van der Waals surface area contributed by atoms with Crippen molar-refractivity contribution in [3.05, 3.63) is 0 Å². The summed E-state index contributed by atoms with van der Waals surface area (Å²) in [6.07, 6.45) is -3.15. The van der Waals surface area contributed by atoms with Gasteiger partial charge in [0.15, 0.2) is 0 Å². The maximum absolute atomic E-state index is 11.9. The Labute approximate surface area is 159 Å². The molecule has 27 heavy (non-hydrogen) atoms. The Morgan fingerprint density at radius 1 is 1.22 bits per heavy atom. The van der Waals surface area contributed by atoms with Crippen molar-refractivity contribution < 1.29 is 34.8 Å². The lowest BCUT2D eigenvalue weighted by molar-refractivity contribution is -0.160. The lowest BCUT2D eigenvalue weighted by Gasteiger charge is -2.45. The number of unbranched alkanes of at least 4 members (excludes halogenated alkanes) is 1. The second kappa shape index (κ2) is 10.2. The Morgan fingerprint density at radius 3 is 2.37 bits per heavy atom. The summed E-state index contributed by atoms with van der Waals surface area (Å²) in [7, 11) is 0. The molecule has 1 aliphatic rings. The largest absolute Gasteiger partial charge is 0.444 e. The van der Waals surface area contributed by atoms with E-state index in [-0.39, 0.29) is 6.54 Å². The summed E-state index contributed by atoms with van der Waals surface area (Å²) in [6, 6.07) is -1.72. The molecule has 158 valence electrons. The molecule has 0 aromatic heterocycles. The van der Waals surface area contributed by atoms with Gasteiger partial charge < -0.3 is 36.2 Å². The first-order chi connectivity index (χ1) is 12.5. The molecule has 10 nitrogen and oxygen atoms in total. The van der Waals surface area contributed by atoms with Crippen LogP contribution in [0.15, 0.2) is 0 Å². The van der Waals surface area contributed by atoms with Gasteiger partial charge in [0.2, 0.25) is 5.91 Å². The summed E-state index contributed by atoms with van der Waals surface area (Å²) >= 11 is 0. The molecule has 2 amide bonds. The third kappa shape index (κ3) is 7.23. The number of carbonyl (C=O) groups is 2. The van der Waals surface area contributed by atoms with Crippen LogP contribution >= 0.6 is 0 Å². The third-order valence-corrected chi connectivity index (χ3v) is 4.45. The van der Waals surface area contributed by atoms with Crippen molar-refractivity contribution in [3.63, 3.8) is 0 Å². The number of hydrogen-bond donors (Lipinski definition) is 6. The average Bonchev–Trinajstić information content (AvgIpc) is 2.53. The highest BCUT2D eigenvalue weighted by molar-refractivity contribution is 5.79. The van der Waals surface area contributed by atoms with Crippen molar-refractivity contribution in [2.45, 2.75) is 76.0 Å². The highest BCUT2D eigenvalue weighted by atomic mass is 16.6. The van der Waals surface area contributed by atoms with Crippen LogP contribution in [0.5, 0.6) is 0 Å². The Balaban J connectivity index is 2.54. The molecule has 0 saturated carbocycles. The topological polar surface area (TPSA) is 166 Å². The van der Waals surface area contributed by atoms with Crippen LogP contribution in [0.3, 0.4) is 0 Å². The van der Waals surface area contributed by atoms with Gasteiger partial charge in [0, 0.05) is 13.1 Å². The van der Waals surface area contributed by atoms with Crippen molar-refractivity contribution in [1.82, 2.24) is 10.2 Å². The number of β-amino-alcohol motifs (C(OH)–C–C–N with tert-alkyl or cyclic N) is 1. The molecule has 0 aromatic rings. The molecule has 0 aliphatic carbocycles. The smallest absolute Gasteiger partial charge is 0.407 e. The zero-order valence-electron chi connectivity index (χ0n) is 16.2. The zero-order valence-corrected chi connectivity index (χ0v) is 16.2. The van der Waals surface area contributed by atoms with Gasteiger partial charge in [-0.05, 0) is 40.0 Å². The van der Waals surface area contributed by atoms with Crippen molar-refractivity contribution in [1.29, 1.82) is 0 Å². The van der Waals surface area contributed by atoms with Crippen LogP contribution < -0.4 is 11.1 Å². The minimum Gasteiger partial charge on any atom is -0.444 e. The zero-order chi connectivity index (χ0) is 20.8. The first kappa shape index (κ1) is 23.6. The van der Waals surface area contributed by atoms with E-state index in [0.717, 1.165) is 0 Å². The normalized spacial score (nSPS) is 27.8. The van der Waals surface area contributed by atoms with Gasteiger partial charge in [0.1, 0.15) is 17.8 Å². The Hall–Kier alpha value is -1.46. The van der Waals surface area contributed by atoms with Gasteiger partial charge in [0.05, 0.1) is 24.8 Å². The van der Waals surface area contributed by atoms with Gasteiger partial charge in [-0.2, -0.15) is 0 Å². The van der Waals surface area contributed by atoms with Gasteiger partial charge in [-0.3, -0.25) is 9.69 Å². The quantitative estimate of drug-likeness (QED) is 0.266. The summed E-state index contributed by atoms with van der Waals surface area (Å²) in [6.45, 7) is 5.07. The highest BCUT2D eigenvalue weighted by Gasteiger charge is 2.44. The summed E-state index contributed by atoms with van der Waals surface area (Å²) in [5, 5.41) is 41.8. The molecular formula is C17H33N3O7. The number of rotatable bonds is 8. The number of primary amides is 1. The molecule has 0 unspecified atom stereocenters. The number of alkyl carbamates (subject to hydrolysis) is 1. The van der Waals surface area contributed by atoms with Gasteiger partial charge >= 0.3 is 6.09 Å². The van der Waals surface area contributed by atoms with Crippen LogP contribution in [0, 0.1) is 0 Å². The predicted octanol–water partition coefficient (Wildman–Crippen LogP) is -1.71. The number of nitrogens with zero attached hydrogens (tertiary/aromatic N) is 1. The first-order valence-corrected chi connectivity index (χ1v) is 9.15. The Kier molecular flexibility index (Phi) is 8.89. The molecule has 5 atom stereocenters. The fourth-order valence-electron chi connectivity index (χ4n) is 3.12. The molecule has 0 radical (unpaired) electrons. The number of nitrogens with two attached hydrogens (primary N) is 1. The second-order valence-electron chi connectivity index (χ2n) is 7.84. The van der Waals surface area contributed by atoms with Crippen LogP contribution in [0.2, 0.25) is 0 Å². The number of likely N-dealkylation sites (tertiary alicyclic amines) is 1. The number of piperidine rings is 1. The van der Waals surface area contributed by atoms with E-state index >= 15 is 0 Å². The number of amides is 2. The molecule has 1 saturated heterocycles. The fourth-order valence-corrected chi connectivity index (χ4v) is 3.12. The van der Waals surface area contributed by atoms with Crippen LogP contribution in [0.4, 0.5) is 4.79 Å². The van der Waals surface area contributed by atoms with Gasteiger partial charge in [-0.1, -0.05) is 0 Å². The summed E-state index contributed by atoms with van der Waals surface area (Å²) in [4.78, 5) is 24.9. The molecular weight excluding hydrogens is 358 g/mol. The maximum Gasteiger partial charge on any atom is 0.407 e. The van der Waals surface area contributed by atoms with Crippen LogP contribution in [-0.2, 0) is 9.53 Å². The van der Waals surface area contributed by atoms with E-state index in [4.69, 9.17) is 10.5 Å². The molecule has 0 spiro atoms. The van der Waals surface area contributed by atoms with Crippen LogP contribution in [-0.4, -0.2) is 93.0 Å². The van der Waals surface area contributed by atoms with E-state index in [1.165, 1.54) is 4.90 Å². The van der Waals surface area contributed by atoms with E-state index in [9.17, 15) is 30.0 Å². The molecule has 0 aromatic carbocycles. The van der Waals surface area contributed by atoms with Crippen molar-refractivity contribution in [3.8, 4) is 0 Å². The van der Waals surface area contributed by atoms with E-state index < -0.39 is 54.6 Å². The fraction of sp³-hybridized carbons (Fsp3) is 0.882. The van der Waals surface area contributed by atoms with E-state index in [1.54, 1.807) is 20.8 Å². The SMILES string of the molecule is CC(C)(C)OC(=O)NCCCC[C@@H](C(N)=O)N1C[C@H](O)[C@@H](O)[C@@H](O)[C@H]1CO. The minimum atomic E-state index is -1.40. The van der Waals surface area contributed by atoms with Crippen molar-refractivity contribution in [2.24, 2.45) is 5.73 Å². The maximum atomic E-state index is 11.9. The number of aliphatic hydroxyl groups excluding tert-OH is 4. The number of aliphatic hydroxyl groups is 4. The number of hydrogen-bond acceptors (Lipinski definition) is 8. The Morgan fingerprint density at radius 2 is 1.85 bits per heavy atom. The molecule has 1 aliphatic heterocycles. The van der Waals surface area contributed by atoms with Crippen LogP contribution in [0.1, 0.15) is 40.0 Å². The van der Waals surface area contributed by atoms with Crippen molar-refractivity contribution >= 4 is 12.0 Å². The molecule has 10 heteroatoms. The minimum absolute atomic E-state index is 0.0901. The molecule has 7 N–H and O–H groups in total. The van der Waals surface area contributed by atoms with Crippen LogP contribution in [0.25, 0.3) is 0 Å². The van der Waals surface area contributed by atoms with Gasteiger partial charge in [0.25, 0.3) is 0 Å². The van der Waals surface area contributed by atoms with E-state index in [0.29, 0.717) is 25.8 Å². The monoisotopic (exact) mass is 391 g/mol. The predicted molar refractivity (Wildman–Crippen MR) is 96.7 cm³/mol. The van der Waals surface area contributed by atoms with Crippen molar-refractivity contribution in [2.75, 3.05) is 19.7 Å². The lowest BCUT2D eigenvalue weighted by atomic mass is 9.91.